The average Bonchev–Trinajstić information content (AvgIpc) is 3.25. The van der Waals surface area contributed by atoms with Crippen molar-refractivity contribution in [2.75, 3.05) is 32.7 Å². The molecule has 0 unspecified atom stereocenters. The topological polar surface area (TPSA) is 86.8 Å². The van der Waals surface area contributed by atoms with Gasteiger partial charge in [-0.15, -0.1) is 0 Å². The summed E-state index contributed by atoms with van der Waals surface area (Å²) in [5, 5.41) is 3.17. The zero-order valence-corrected chi connectivity index (χ0v) is 19.6. The van der Waals surface area contributed by atoms with Crippen LogP contribution in [0.15, 0.2) is 41.3 Å². The molecule has 2 amide bonds. The summed E-state index contributed by atoms with van der Waals surface area (Å²) < 4.78 is 27.5. The maximum Gasteiger partial charge on any atom is 0.253 e. The first-order valence-electron chi connectivity index (χ1n) is 10.4. The van der Waals surface area contributed by atoms with Crippen molar-refractivity contribution in [3.8, 4) is 0 Å². The Bertz CT molecular complexity index is 1160. The summed E-state index contributed by atoms with van der Waals surface area (Å²) in [6.07, 6.45) is 2.96. The third-order valence-electron chi connectivity index (χ3n) is 5.88. The van der Waals surface area contributed by atoms with Gasteiger partial charge in [-0.1, -0.05) is 29.3 Å². The van der Waals surface area contributed by atoms with E-state index in [4.69, 9.17) is 23.2 Å². The van der Waals surface area contributed by atoms with E-state index < -0.39 is 15.9 Å². The number of nitrogens with one attached hydrogen (secondary N) is 1. The fourth-order valence-corrected chi connectivity index (χ4v) is 6.04. The Labute approximate surface area is 197 Å². The minimum Gasteiger partial charge on any atom is -0.343 e. The molecule has 0 atom stereocenters. The van der Waals surface area contributed by atoms with Gasteiger partial charge in [-0.2, -0.15) is 4.31 Å². The molecule has 0 spiro atoms. The Morgan fingerprint density at radius 2 is 1.66 bits per heavy atom. The molecule has 1 aliphatic heterocycles. The largest absolute Gasteiger partial charge is 0.343 e. The molecule has 1 fully saturated rings. The van der Waals surface area contributed by atoms with Gasteiger partial charge in [0.2, 0.25) is 15.9 Å². The summed E-state index contributed by atoms with van der Waals surface area (Å²) in [6.45, 7) is 0.751. The van der Waals surface area contributed by atoms with Crippen LogP contribution in [-0.4, -0.2) is 62.2 Å². The molecule has 0 radical (unpaired) electrons. The van der Waals surface area contributed by atoms with Crippen LogP contribution in [-0.2, 0) is 27.7 Å². The summed E-state index contributed by atoms with van der Waals surface area (Å²) in [6, 6.07) is 9.87. The van der Waals surface area contributed by atoms with Gasteiger partial charge in [0.1, 0.15) is 0 Å². The lowest BCUT2D eigenvalue weighted by atomic mass is 10.1. The Balaban J connectivity index is 1.32. The first kappa shape index (κ1) is 23.0. The number of nitrogens with zero attached hydrogens (tertiary/aromatic N) is 2. The van der Waals surface area contributed by atoms with Gasteiger partial charge < -0.3 is 10.2 Å². The van der Waals surface area contributed by atoms with Crippen LogP contribution in [0, 0.1) is 0 Å². The van der Waals surface area contributed by atoms with E-state index in [1.54, 1.807) is 23.1 Å². The van der Waals surface area contributed by atoms with E-state index in [1.807, 2.05) is 6.07 Å². The standard InChI is InChI=1S/C22H23Cl2N3O4S/c23-17-5-7-19(20(24)13-17)22(29)25-14-21(28)26-8-10-27(11-9-26)32(30,31)18-6-4-15-2-1-3-16(15)12-18/h4-7,12-13H,1-3,8-11,14H2,(H,25,29). The van der Waals surface area contributed by atoms with Crippen LogP contribution in [0.1, 0.15) is 27.9 Å². The van der Waals surface area contributed by atoms with Crippen molar-refractivity contribution in [2.45, 2.75) is 24.2 Å². The first-order valence-corrected chi connectivity index (χ1v) is 12.6. The predicted octanol–water partition coefficient (Wildman–Crippen LogP) is 2.75. The quantitative estimate of drug-likeness (QED) is 0.690. The molecule has 1 saturated heterocycles. The highest BCUT2D eigenvalue weighted by Crippen LogP contribution is 2.27. The van der Waals surface area contributed by atoms with E-state index in [2.05, 4.69) is 5.32 Å². The number of sulfonamides is 1. The number of hydrogen-bond acceptors (Lipinski definition) is 4. The normalized spacial score (nSPS) is 16.6. The number of piperazine rings is 1. The lowest BCUT2D eigenvalue weighted by Gasteiger charge is -2.34. The number of aryl methyl sites for hydroxylation is 2. The monoisotopic (exact) mass is 495 g/mol. The molecule has 0 saturated carbocycles. The third kappa shape index (κ3) is 4.78. The fraction of sp³-hybridized carbons (Fsp3) is 0.364. The van der Waals surface area contributed by atoms with Crippen molar-refractivity contribution in [3.63, 3.8) is 0 Å². The molecule has 0 aromatic heterocycles. The number of carbonyl (C=O) groups excluding carboxylic acids is 2. The second-order valence-electron chi connectivity index (χ2n) is 7.88. The number of halogens is 2. The van der Waals surface area contributed by atoms with E-state index >= 15 is 0 Å². The van der Waals surface area contributed by atoms with Crippen LogP contribution in [0.25, 0.3) is 0 Å². The Kier molecular flexibility index (Phi) is 6.76. The minimum atomic E-state index is -3.60. The highest BCUT2D eigenvalue weighted by atomic mass is 35.5. The third-order valence-corrected chi connectivity index (χ3v) is 8.32. The number of carbonyl (C=O) groups is 2. The molecule has 32 heavy (non-hydrogen) atoms. The minimum absolute atomic E-state index is 0.199. The molecule has 10 heteroatoms. The van der Waals surface area contributed by atoms with Crippen molar-refractivity contribution in [2.24, 2.45) is 0 Å². The van der Waals surface area contributed by atoms with Gasteiger partial charge in [0.25, 0.3) is 5.91 Å². The van der Waals surface area contributed by atoms with Gasteiger partial charge in [0.15, 0.2) is 0 Å². The second-order valence-corrected chi connectivity index (χ2v) is 10.7. The molecule has 170 valence electrons. The number of rotatable bonds is 5. The molecule has 1 heterocycles. The lowest BCUT2D eigenvalue weighted by Crippen LogP contribution is -2.52. The van der Waals surface area contributed by atoms with Gasteiger partial charge in [0, 0.05) is 31.2 Å². The van der Waals surface area contributed by atoms with Gasteiger partial charge in [0.05, 0.1) is 22.0 Å². The molecule has 0 bridgehead atoms. The average molecular weight is 496 g/mol. The van der Waals surface area contributed by atoms with Crippen molar-refractivity contribution in [1.29, 1.82) is 0 Å². The molecule has 4 rings (SSSR count). The predicted molar refractivity (Wildman–Crippen MR) is 123 cm³/mol. The Morgan fingerprint density at radius 1 is 0.938 bits per heavy atom. The van der Waals surface area contributed by atoms with Crippen LogP contribution < -0.4 is 5.32 Å². The lowest BCUT2D eigenvalue weighted by molar-refractivity contribution is -0.131. The summed E-state index contributed by atoms with van der Waals surface area (Å²) in [5.74, 6) is -0.754. The Hall–Kier alpha value is -2.13. The van der Waals surface area contributed by atoms with Crippen LogP contribution in [0.5, 0.6) is 0 Å². The molecule has 1 aliphatic carbocycles. The maximum absolute atomic E-state index is 13.0. The zero-order valence-electron chi connectivity index (χ0n) is 17.3. The summed E-state index contributed by atoms with van der Waals surface area (Å²) in [5.41, 5.74) is 2.56. The molecule has 7 nitrogen and oxygen atoms in total. The van der Waals surface area contributed by atoms with E-state index in [-0.39, 0.29) is 49.2 Å². The number of amides is 2. The summed E-state index contributed by atoms with van der Waals surface area (Å²) >= 11 is 11.9. The smallest absolute Gasteiger partial charge is 0.253 e. The second kappa shape index (κ2) is 9.39. The maximum atomic E-state index is 13.0. The van der Waals surface area contributed by atoms with Crippen molar-refractivity contribution in [1.82, 2.24) is 14.5 Å². The van der Waals surface area contributed by atoms with E-state index in [0.29, 0.717) is 9.92 Å². The molecule has 2 aliphatic rings. The van der Waals surface area contributed by atoms with E-state index in [9.17, 15) is 18.0 Å². The summed E-state index contributed by atoms with van der Waals surface area (Å²) in [7, 11) is -3.60. The number of hydrogen-bond donors (Lipinski definition) is 1. The summed E-state index contributed by atoms with van der Waals surface area (Å²) in [4.78, 5) is 26.7. The molecular weight excluding hydrogens is 473 g/mol. The SMILES string of the molecule is O=C(NCC(=O)N1CCN(S(=O)(=O)c2ccc3c(c2)CCC3)CC1)c1ccc(Cl)cc1Cl. The van der Waals surface area contributed by atoms with Gasteiger partial charge >= 0.3 is 0 Å². The van der Waals surface area contributed by atoms with E-state index in [1.165, 1.54) is 22.0 Å². The zero-order chi connectivity index (χ0) is 22.9. The van der Waals surface area contributed by atoms with Crippen LogP contribution >= 0.6 is 23.2 Å². The molecule has 2 aromatic rings. The van der Waals surface area contributed by atoms with Crippen LogP contribution in [0.3, 0.4) is 0 Å². The molecular formula is C22H23Cl2N3O4S. The van der Waals surface area contributed by atoms with Crippen molar-refractivity contribution >= 4 is 45.0 Å². The van der Waals surface area contributed by atoms with Gasteiger partial charge in [-0.05, 0) is 60.7 Å². The fourth-order valence-electron chi connectivity index (χ4n) is 4.07. The highest BCUT2D eigenvalue weighted by molar-refractivity contribution is 7.89. The van der Waals surface area contributed by atoms with E-state index in [0.717, 1.165) is 24.8 Å². The van der Waals surface area contributed by atoms with Crippen LogP contribution in [0.2, 0.25) is 10.0 Å². The van der Waals surface area contributed by atoms with Gasteiger partial charge in [-0.25, -0.2) is 8.42 Å². The Morgan fingerprint density at radius 3 is 2.38 bits per heavy atom. The number of fused-ring (bicyclic) bond motifs is 1. The van der Waals surface area contributed by atoms with Crippen molar-refractivity contribution in [3.05, 3.63) is 63.1 Å². The molecule has 1 N–H and O–H groups in total. The van der Waals surface area contributed by atoms with Crippen molar-refractivity contribution < 1.29 is 18.0 Å². The van der Waals surface area contributed by atoms with Gasteiger partial charge in [-0.3, -0.25) is 9.59 Å². The first-order chi connectivity index (χ1) is 15.3. The number of benzene rings is 2. The van der Waals surface area contributed by atoms with Crippen LogP contribution in [0.4, 0.5) is 0 Å². The highest BCUT2D eigenvalue weighted by Gasteiger charge is 2.31. The molecule has 2 aromatic carbocycles.